The van der Waals surface area contributed by atoms with E-state index in [0.717, 1.165) is 122 Å². The SMILES string of the molecule is CC/C=C\C/C=C\C/C=C\C/C=C\C/C=C\CCCC(=O)OCC(COC(=O)CCCCCCC/C=C\C/C=C\CCCCC)OC(=O)CCC/C=C\C/C=C\C/C=C\C/C=C\C/C=C\CC. The molecule has 0 amide bonds. The van der Waals surface area contributed by atoms with E-state index in [1.807, 2.05) is 0 Å². The molecule has 6 nitrogen and oxygen atoms in total. The second-order valence-corrected chi connectivity index (χ2v) is 16.7. The first-order chi connectivity index (χ1) is 33.0. The highest BCUT2D eigenvalue weighted by Crippen LogP contribution is 2.11. The van der Waals surface area contributed by atoms with Crippen molar-refractivity contribution in [1.82, 2.24) is 0 Å². The van der Waals surface area contributed by atoms with Gasteiger partial charge in [0.15, 0.2) is 6.10 Å². The number of hydrogen-bond acceptors (Lipinski definition) is 6. The second kappa shape index (κ2) is 53.9. The van der Waals surface area contributed by atoms with Crippen molar-refractivity contribution < 1.29 is 28.6 Å². The van der Waals surface area contributed by atoms with Gasteiger partial charge in [0.1, 0.15) is 13.2 Å². The molecule has 67 heavy (non-hydrogen) atoms. The molecule has 0 aromatic heterocycles. The van der Waals surface area contributed by atoms with Gasteiger partial charge in [0, 0.05) is 19.3 Å². The molecule has 6 heteroatoms. The number of unbranched alkanes of at least 4 members (excludes halogenated alkanes) is 10. The Balaban J connectivity index is 4.63. The largest absolute Gasteiger partial charge is 0.462 e. The monoisotopic (exact) mass is 923 g/mol. The molecule has 374 valence electrons. The number of carbonyl (C=O) groups excluding carboxylic acids is 3. The van der Waals surface area contributed by atoms with Crippen molar-refractivity contribution in [3.63, 3.8) is 0 Å². The zero-order valence-electron chi connectivity index (χ0n) is 42.6. The maximum atomic E-state index is 12.8. The Bertz CT molecular complexity index is 1530. The van der Waals surface area contributed by atoms with Gasteiger partial charge in [-0.1, -0.05) is 199 Å². The lowest BCUT2D eigenvalue weighted by atomic mass is 10.1. The number of hydrogen-bond donors (Lipinski definition) is 0. The summed E-state index contributed by atoms with van der Waals surface area (Å²) in [6.07, 6.45) is 77.0. The third-order valence-electron chi connectivity index (χ3n) is 10.3. The Hall–Kier alpha value is -4.71. The summed E-state index contributed by atoms with van der Waals surface area (Å²) in [5.74, 6) is -1.08. The van der Waals surface area contributed by atoms with Gasteiger partial charge >= 0.3 is 17.9 Å². The smallest absolute Gasteiger partial charge is 0.306 e. The molecule has 0 aliphatic rings. The van der Waals surface area contributed by atoms with Crippen LogP contribution in [0.15, 0.2) is 146 Å². The van der Waals surface area contributed by atoms with Crippen LogP contribution in [0.1, 0.15) is 201 Å². The van der Waals surface area contributed by atoms with Crippen molar-refractivity contribution in [3.8, 4) is 0 Å². The first-order valence-corrected chi connectivity index (χ1v) is 26.3. The highest BCUT2D eigenvalue weighted by molar-refractivity contribution is 5.71. The fourth-order valence-corrected chi connectivity index (χ4v) is 6.42. The summed E-state index contributed by atoms with van der Waals surface area (Å²) in [4.78, 5) is 38.0. The number of rotatable bonds is 45. The normalized spacial score (nSPS) is 13.3. The fourth-order valence-electron chi connectivity index (χ4n) is 6.42. The lowest BCUT2D eigenvalue weighted by Gasteiger charge is -2.18. The van der Waals surface area contributed by atoms with E-state index in [1.165, 1.54) is 25.7 Å². The maximum Gasteiger partial charge on any atom is 0.306 e. The molecular formula is C61H94O6. The summed E-state index contributed by atoms with van der Waals surface area (Å²) in [7, 11) is 0. The summed E-state index contributed by atoms with van der Waals surface area (Å²) in [5.41, 5.74) is 0. The number of carbonyl (C=O) groups is 3. The van der Waals surface area contributed by atoms with Crippen molar-refractivity contribution in [2.45, 2.75) is 207 Å². The van der Waals surface area contributed by atoms with Crippen molar-refractivity contribution in [1.29, 1.82) is 0 Å². The van der Waals surface area contributed by atoms with Gasteiger partial charge < -0.3 is 14.2 Å². The molecule has 0 saturated heterocycles. The van der Waals surface area contributed by atoms with Crippen molar-refractivity contribution >= 4 is 17.9 Å². The van der Waals surface area contributed by atoms with E-state index in [1.54, 1.807) is 0 Å². The third-order valence-corrected chi connectivity index (χ3v) is 10.3. The van der Waals surface area contributed by atoms with E-state index in [2.05, 4.69) is 167 Å². The molecule has 0 N–H and O–H groups in total. The third kappa shape index (κ3) is 52.1. The van der Waals surface area contributed by atoms with E-state index < -0.39 is 12.1 Å². The Morgan fingerprint density at radius 1 is 0.313 bits per heavy atom. The average molecular weight is 923 g/mol. The Morgan fingerprint density at radius 3 is 0.970 bits per heavy atom. The minimum absolute atomic E-state index is 0.132. The van der Waals surface area contributed by atoms with Crippen LogP contribution >= 0.6 is 0 Å². The molecular weight excluding hydrogens is 829 g/mol. The molecule has 0 spiro atoms. The molecule has 1 unspecified atom stereocenters. The Kier molecular flexibility index (Phi) is 50.1. The van der Waals surface area contributed by atoms with Crippen LogP contribution in [0, 0.1) is 0 Å². The maximum absolute atomic E-state index is 12.8. The summed E-state index contributed by atoms with van der Waals surface area (Å²) >= 11 is 0. The van der Waals surface area contributed by atoms with Gasteiger partial charge in [-0.15, -0.1) is 0 Å². The van der Waals surface area contributed by atoms with E-state index in [4.69, 9.17) is 14.2 Å². The van der Waals surface area contributed by atoms with Gasteiger partial charge in [0.2, 0.25) is 0 Å². The lowest BCUT2D eigenvalue weighted by Crippen LogP contribution is -2.30. The molecule has 0 aromatic carbocycles. The molecule has 0 bridgehead atoms. The standard InChI is InChI=1S/C61H94O6/c1-4-7-10-13-16-19-22-25-28-30-33-36-39-42-45-48-51-54-60(63)66-57-58(56-65-59(62)53-50-47-44-41-38-35-32-27-24-21-18-15-12-9-6-3)67-61(64)55-52-49-46-43-40-37-34-31-29-26-23-20-17-14-11-8-5-2/h7-8,10-11,16-21,25-29,32-34,36-37,42-43,45-46,58H,4-6,9,12-15,22-24,30-31,35,38-41,44,47-57H2,1-3H3/b10-7-,11-8-,19-16-,20-17-,21-18-,28-25-,29-26-,32-27-,36-33-,37-34-,45-42-,46-43-. The molecule has 0 aliphatic heterocycles. The van der Waals surface area contributed by atoms with Gasteiger partial charge in [-0.3, -0.25) is 14.4 Å². The van der Waals surface area contributed by atoms with E-state index in [0.29, 0.717) is 19.3 Å². The summed E-state index contributed by atoms with van der Waals surface area (Å²) < 4.78 is 16.7. The summed E-state index contributed by atoms with van der Waals surface area (Å²) in [5, 5.41) is 0. The van der Waals surface area contributed by atoms with E-state index in [9.17, 15) is 14.4 Å². The predicted octanol–water partition coefficient (Wildman–Crippen LogP) is 17.6. The minimum Gasteiger partial charge on any atom is -0.462 e. The van der Waals surface area contributed by atoms with Crippen LogP contribution in [0.25, 0.3) is 0 Å². The zero-order chi connectivity index (χ0) is 48.6. The number of allylic oxidation sites excluding steroid dienone is 24. The summed E-state index contributed by atoms with van der Waals surface area (Å²) in [6.45, 7) is 6.25. The first-order valence-electron chi connectivity index (χ1n) is 26.3. The second-order valence-electron chi connectivity index (χ2n) is 16.7. The quantitative estimate of drug-likeness (QED) is 0.0262. The van der Waals surface area contributed by atoms with Crippen LogP contribution < -0.4 is 0 Å². The molecule has 0 radical (unpaired) electrons. The van der Waals surface area contributed by atoms with E-state index >= 15 is 0 Å². The molecule has 0 rings (SSSR count). The Labute approximate surface area is 410 Å². The van der Waals surface area contributed by atoms with Gasteiger partial charge in [-0.25, -0.2) is 0 Å². The van der Waals surface area contributed by atoms with Crippen LogP contribution in [-0.2, 0) is 28.6 Å². The molecule has 0 aromatic rings. The van der Waals surface area contributed by atoms with Crippen LogP contribution in [0.3, 0.4) is 0 Å². The number of ether oxygens (including phenoxy) is 3. The van der Waals surface area contributed by atoms with Crippen LogP contribution in [0.2, 0.25) is 0 Å². The topological polar surface area (TPSA) is 78.9 Å². The van der Waals surface area contributed by atoms with Gasteiger partial charge in [-0.2, -0.15) is 0 Å². The van der Waals surface area contributed by atoms with Crippen LogP contribution in [-0.4, -0.2) is 37.2 Å². The lowest BCUT2D eigenvalue weighted by molar-refractivity contribution is -0.167. The predicted molar refractivity (Wildman–Crippen MR) is 288 cm³/mol. The minimum atomic E-state index is -0.843. The van der Waals surface area contributed by atoms with Crippen molar-refractivity contribution in [2.75, 3.05) is 13.2 Å². The van der Waals surface area contributed by atoms with Crippen molar-refractivity contribution in [3.05, 3.63) is 146 Å². The van der Waals surface area contributed by atoms with Gasteiger partial charge in [-0.05, 0) is 128 Å². The first kappa shape index (κ1) is 62.3. The summed E-state index contributed by atoms with van der Waals surface area (Å²) in [6, 6.07) is 0. The zero-order valence-corrected chi connectivity index (χ0v) is 42.6. The number of esters is 3. The highest BCUT2D eigenvalue weighted by atomic mass is 16.6. The van der Waals surface area contributed by atoms with E-state index in [-0.39, 0.29) is 38.0 Å². The highest BCUT2D eigenvalue weighted by Gasteiger charge is 2.19. The van der Waals surface area contributed by atoms with Crippen LogP contribution in [0.5, 0.6) is 0 Å². The molecule has 0 heterocycles. The Morgan fingerprint density at radius 2 is 0.597 bits per heavy atom. The molecule has 0 fully saturated rings. The molecule has 1 atom stereocenters. The van der Waals surface area contributed by atoms with Gasteiger partial charge in [0.05, 0.1) is 0 Å². The molecule has 0 aliphatic carbocycles. The fraction of sp³-hybridized carbons (Fsp3) is 0.557. The average Bonchev–Trinajstić information content (AvgIpc) is 3.33. The molecule has 0 saturated carbocycles. The van der Waals surface area contributed by atoms with Crippen LogP contribution in [0.4, 0.5) is 0 Å². The van der Waals surface area contributed by atoms with Crippen molar-refractivity contribution in [2.24, 2.45) is 0 Å². The van der Waals surface area contributed by atoms with Gasteiger partial charge in [0.25, 0.3) is 0 Å².